The Labute approximate surface area is 183 Å². The molecule has 0 heterocycles. The SMILES string of the molecule is CCCCCCCCCCCCCCC(=O)c1cc(O)c2cc(N(C)C)ccc2c1. The fraction of sp³-hybridized carbons (Fsp3) is 0.593. The Balaban J connectivity index is 1.66. The smallest absolute Gasteiger partial charge is 0.163 e. The maximum atomic E-state index is 12.6. The highest BCUT2D eigenvalue weighted by molar-refractivity contribution is 6.02. The van der Waals surface area contributed by atoms with Gasteiger partial charge in [-0.15, -0.1) is 0 Å². The summed E-state index contributed by atoms with van der Waals surface area (Å²) in [5, 5.41) is 12.1. The van der Waals surface area contributed by atoms with Crippen LogP contribution in [0.3, 0.4) is 0 Å². The van der Waals surface area contributed by atoms with Crippen molar-refractivity contribution in [2.24, 2.45) is 0 Å². The number of rotatable bonds is 15. The largest absolute Gasteiger partial charge is 0.507 e. The minimum absolute atomic E-state index is 0.135. The highest BCUT2D eigenvalue weighted by atomic mass is 16.3. The number of Topliss-reactive ketones (excluding diaryl/α,β-unsaturated/α-hetero) is 1. The number of unbranched alkanes of at least 4 members (excludes halogenated alkanes) is 11. The van der Waals surface area contributed by atoms with Gasteiger partial charge in [-0.2, -0.15) is 0 Å². The molecule has 0 aliphatic carbocycles. The number of fused-ring (bicyclic) bond motifs is 1. The van der Waals surface area contributed by atoms with E-state index in [1.807, 2.05) is 43.3 Å². The van der Waals surface area contributed by atoms with Crippen LogP contribution in [0, 0.1) is 0 Å². The van der Waals surface area contributed by atoms with Crippen molar-refractivity contribution in [2.45, 2.75) is 90.4 Å². The second-order valence-corrected chi connectivity index (χ2v) is 8.86. The molecule has 166 valence electrons. The van der Waals surface area contributed by atoms with Crippen molar-refractivity contribution >= 4 is 22.2 Å². The maximum Gasteiger partial charge on any atom is 0.163 e. The van der Waals surface area contributed by atoms with Crippen molar-refractivity contribution in [3.8, 4) is 5.75 Å². The molecule has 0 saturated carbocycles. The van der Waals surface area contributed by atoms with Crippen LogP contribution in [-0.2, 0) is 0 Å². The molecule has 0 amide bonds. The standard InChI is InChI=1S/C27H41NO2/c1-4-5-6-7-8-9-10-11-12-13-14-15-16-26(29)23-19-22-17-18-24(28(2)3)21-25(22)27(30)20-23/h17-21,30H,4-16H2,1-3H3. The molecule has 3 heteroatoms. The third kappa shape index (κ3) is 8.01. The zero-order chi connectivity index (χ0) is 21.8. The van der Waals surface area contributed by atoms with Crippen LogP contribution in [0.4, 0.5) is 5.69 Å². The molecule has 30 heavy (non-hydrogen) atoms. The second-order valence-electron chi connectivity index (χ2n) is 8.86. The fourth-order valence-electron chi connectivity index (χ4n) is 4.04. The number of carbonyl (C=O) groups is 1. The Morgan fingerprint density at radius 1 is 0.800 bits per heavy atom. The normalized spacial score (nSPS) is 11.2. The van der Waals surface area contributed by atoms with Gasteiger partial charge in [0, 0.05) is 37.2 Å². The number of phenolic OH excluding ortho intramolecular Hbond substituents is 1. The van der Waals surface area contributed by atoms with E-state index in [2.05, 4.69) is 6.92 Å². The minimum atomic E-state index is 0.135. The Morgan fingerprint density at radius 2 is 1.37 bits per heavy atom. The summed E-state index contributed by atoms with van der Waals surface area (Å²) in [7, 11) is 3.95. The summed E-state index contributed by atoms with van der Waals surface area (Å²) in [6.45, 7) is 2.26. The summed E-state index contributed by atoms with van der Waals surface area (Å²) in [5.41, 5.74) is 1.66. The van der Waals surface area contributed by atoms with Gasteiger partial charge in [0.2, 0.25) is 0 Å². The number of ketones is 1. The number of aromatic hydroxyl groups is 1. The Bertz CT molecular complexity index is 782. The van der Waals surface area contributed by atoms with Crippen LogP contribution in [0.15, 0.2) is 30.3 Å². The first-order chi connectivity index (χ1) is 14.5. The Hall–Kier alpha value is -2.03. The molecule has 2 aromatic carbocycles. The number of benzene rings is 2. The van der Waals surface area contributed by atoms with Gasteiger partial charge in [-0.3, -0.25) is 4.79 Å². The van der Waals surface area contributed by atoms with Gasteiger partial charge in [0.25, 0.3) is 0 Å². The zero-order valence-corrected chi connectivity index (χ0v) is 19.4. The topological polar surface area (TPSA) is 40.5 Å². The van der Waals surface area contributed by atoms with E-state index in [1.54, 1.807) is 6.07 Å². The summed E-state index contributed by atoms with van der Waals surface area (Å²) < 4.78 is 0. The lowest BCUT2D eigenvalue weighted by molar-refractivity contribution is 0.0979. The minimum Gasteiger partial charge on any atom is -0.507 e. The first-order valence-electron chi connectivity index (χ1n) is 12.0. The molecule has 0 atom stereocenters. The summed E-state index contributed by atoms with van der Waals surface area (Å²) in [6.07, 6.45) is 16.1. The molecule has 0 aliphatic rings. The molecule has 0 bridgehead atoms. The summed E-state index contributed by atoms with van der Waals surface area (Å²) in [6, 6.07) is 9.50. The van der Waals surface area contributed by atoms with E-state index in [-0.39, 0.29) is 11.5 Å². The predicted molar refractivity (Wildman–Crippen MR) is 130 cm³/mol. The molecular weight excluding hydrogens is 370 g/mol. The average molecular weight is 412 g/mol. The van der Waals surface area contributed by atoms with E-state index in [1.165, 1.54) is 64.2 Å². The third-order valence-electron chi connectivity index (χ3n) is 6.01. The molecule has 0 aromatic heterocycles. The summed E-state index contributed by atoms with van der Waals surface area (Å²) >= 11 is 0. The van der Waals surface area contributed by atoms with Crippen LogP contribution in [0.1, 0.15) is 101 Å². The fourth-order valence-corrected chi connectivity index (χ4v) is 4.04. The van der Waals surface area contributed by atoms with Crippen LogP contribution in [0.5, 0.6) is 5.75 Å². The number of hydrogen-bond donors (Lipinski definition) is 1. The lowest BCUT2D eigenvalue weighted by atomic mass is 9.99. The first kappa shape index (κ1) is 24.2. The number of phenols is 1. The Morgan fingerprint density at radius 3 is 1.93 bits per heavy atom. The monoisotopic (exact) mass is 411 g/mol. The molecule has 2 aromatic rings. The molecule has 2 rings (SSSR count). The van der Waals surface area contributed by atoms with Gasteiger partial charge in [-0.25, -0.2) is 0 Å². The number of anilines is 1. The molecule has 3 nitrogen and oxygen atoms in total. The van der Waals surface area contributed by atoms with E-state index in [9.17, 15) is 9.90 Å². The second kappa shape index (κ2) is 13.3. The number of hydrogen-bond acceptors (Lipinski definition) is 3. The van der Waals surface area contributed by atoms with Crippen molar-refractivity contribution in [2.75, 3.05) is 19.0 Å². The van der Waals surface area contributed by atoms with Crippen molar-refractivity contribution in [3.63, 3.8) is 0 Å². The van der Waals surface area contributed by atoms with Gasteiger partial charge in [0.05, 0.1) is 0 Å². The zero-order valence-electron chi connectivity index (χ0n) is 19.4. The van der Waals surface area contributed by atoms with Crippen LogP contribution in [0.2, 0.25) is 0 Å². The van der Waals surface area contributed by atoms with E-state index in [0.29, 0.717) is 12.0 Å². The van der Waals surface area contributed by atoms with Gasteiger partial charge in [-0.05, 0) is 36.1 Å². The molecule has 0 spiro atoms. The lowest BCUT2D eigenvalue weighted by Gasteiger charge is -2.14. The van der Waals surface area contributed by atoms with Gasteiger partial charge < -0.3 is 10.0 Å². The molecule has 0 fully saturated rings. The quantitative estimate of drug-likeness (QED) is 0.239. The van der Waals surface area contributed by atoms with E-state index < -0.39 is 0 Å². The molecule has 0 saturated heterocycles. The van der Waals surface area contributed by atoms with Crippen LogP contribution in [-0.4, -0.2) is 25.0 Å². The molecule has 1 N–H and O–H groups in total. The van der Waals surface area contributed by atoms with Gasteiger partial charge in [0.1, 0.15) is 5.75 Å². The third-order valence-corrected chi connectivity index (χ3v) is 6.01. The maximum absolute atomic E-state index is 12.6. The average Bonchev–Trinajstić information content (AvgIpc) is 2.74. The molecule has 0 radical (unpaired) electrons. The van der Waals surface area contributed by atoms with E-state index in [4.69, 9.17) is 0 Å². The van der Waals surface area contributed by atoms with E-state index >= 15 is 0 Å². The number of nitrogens with zero attached hydrogens (tertiary/aromatic N) is 1. The van der Waals surface area contributed by atoms with Crippen LogP contribution in [0.25, 0.3) is 10.8 Å². The summed E-state index contributed by atoms with van der Waals surface area (Å²) in [5.74, 6) is 0.324. The highest BCUT2D eigenvalue weighted by Crippen LogP contribution is 2.30. The van der Waals surface area contributed by atoms with Crippen molar-refractivity contribution in [1.29, 1.82) is 0 Å². The Kier molecular flexibility index (Phi) is 10.8. The van der Waals surface area contributed by atoms with Gasteiger partial charge in [-0.1, -0.05) is 83.6 Å². The molecule has 0 unspecified atom stereocenters. The van der Waals surface area contributed by atoms with Gasteiger partial charge >= 0.3 is 0 Å². The van der Waals surface area contributed by atoms with Crippen LogP contribution >= 0.6 is 0 Å². The van der Waals surface area contributed by atoms with Crippen molar-refractivity contribution < 1.29 is 9.90 Å². The highest BCUT2D eigenvalue weighted by Gasteiger charge is 2.11. The van der Waals surface area contributed by atoms with Gasteiger partial charge in [0.15, 0.2) is 5.78 Å². The van der Waals surface area contributed by atoms with Crippen molar-refractivity contribution in [3.05, 3.63) is 35.9 Å². The lowest BCUT2D eigenvalue weighted by Crippen LogP contribution is -2.08. The van der Waals surface area contributed by atoms with Crippen LogP contribution < -0.4 is 4.90 Å². The number of carbonyl (C=O) groups excluding carboxylic acids is 1. The molecule has 0 aliphatic heterocycles. The first-order valence-corrected chi connectivity index (χ1v) is 12.0. The van der Waals surface area contributed by atoms with Crippen molar-refractivity contribution in [1.82, 2.24) is 0 Å². The van der Waals surface area contributed by atoms with E-state index in [0.717, 1.165) is 29.3 Å². The summed E-state index contributed by atoms with van der Waals surface area (Å²) in [4.78, 5) is 14.6. The predicted octanol–water partition coefficient (Wildman–Crippen LogP) is 7.89. The molecular formula is C27H41NO2.